The normalized spacial score (nSPS) is 10.7. The van der Waals surface area contributed by atoms with Crippen molar-refractivity contribution >= 4 is 11.5 Å². The first-order valence-corrected chi connectivity index (χ1v) is 7.37. The molecular weight excluding hydrogens is 274 g/mol. The molecule has 22 heavy (non-hydrogen) atoms. The number of ketones is 1. The first kappa shape index (κ1) is 15.8. The minimum absolute atomic E-state index is 0.0409. The summed E-state index contributed by atoms with van der Waals surface area (Å²) in [7, 11) is 0. The third-order valence-electron chi connectivity index (χ3n) is 3.32. The molecule has 0 spiro atoms. The fraction of sp³-hybridized carbons (Fsp3) is 0.211. The second-order valence-corrected chi connectivity index (χ2v) is 5.12. The lowest BCUT2D eigenvalue weighted by molar-refractivity contribution is 0.104. The zero-order valence-corrected chi connectivity index (χ0v) is 13.2. The van der Waals surface area contributed by atoms with Crippen molar-refractivity contribution in [2.24, 2.45) is 0 Å². The summed E-state index contributed by atoms with van der Waals surface area (Å²) in [4.78, 5) is 12.1. The van der Waals surface area contributed by atoms with Crippen LogP contribution < -0.4 is 10.1 Å². The molecule has 0 aliphatic carbocycles. The topological polar surface area (TPSA) is 38.3 Å². The Bertz CT molecular complexity index is 672. The van der Waals surface area contributed by atoms with E-state index in [-0.39, 0.29) is 5.78 Å². The van der Waals surface area contributed by atoms with Crippen molar-refractivity contribution in [3.8, 4) is 5.75 Å². The van der Waals surface area contributed by atoms with E-state index >= 15 is 0 Å². The quantitative estimate of drug-likeness (QED) is 0.629. The number of hydrogen-bond donors (Lipinski definition) is 1. The summed E-state index contributed by atoms with van der Waals surface area (Å²) < 4.78 is 5.36. The van der Waals surface area contributed by atoms with Crippen LogP contribution in [0.5, 0.6) is 5.75 Å². The van der Waals surface area contributed by atoms with E-state index in [9.17, 15) is 4.79 Å². The molecule has 2 rings (SSSR count). The highest BCUT2D eigenvalue weighted by atomic mass is 16.5. The Labute approximate surface area is 131 Å². The smallest absolute Gasteiger partial charge is 0.187 e. The van der Waals surface area contributed by atoms with E-state index in [1.54, 1.807) is 18.3 Å². The van der Waals surface area contributed by atoms with Gasteiger partial charge in [-0.25, -0.2) is 0 Å². The molecule has 0 radical (unpaired) electrons. The first-order chi connectivity index (χ1) is 10.6. The average Bonchev–Trinajstić information content (AvgIpc) is 2.51. The van der Waals surface area contributed by atoms with Crippen LogP contribution in [0.1, 0.15) is 28.4 Å². The zero-order valence-electron chi connectivity index (χ0n) is 13.2. The average molecular weight is 295 g/mol. The summed E-state index contributed by atoms with van der Waals surface area (Å²) in [5.41, 5.74) is 3.97. The molecule has 0 fully saturated rings. The fourth-order valence-electron chi connectivity index (χ4n) is 2.08. The maximum atomic E-state index is 12.1. The maximum absolute atomic E-state index is 12.1. The number of carbonyl (C=O) groups excluding carboxylic acids is 1. The van der Waals surface area contributed by atoms with E-state index in [1.165, 1.54) is 11.6 Å². The van der Waals surface area contributed by atoms with Crippen molar-refractivity contribution in [3.63, 3.8) is 0 Å². The van der Waals surface area contributed by atoms with Gasteiger partial charge in [-0.05, 0) is 62.2 Å². The number of ether oxygens (including phenoxy) is 1. The van der Waals surface area contributed by atoms with Gasteiger partial charge < -0.3 is 10.1 Å². The second kappa shape index (κ2) is 7.46. The Balaban J connectivity index is 2.00. The number of nitrogens with one attached hydrogen (secondary N) is 1. The molecule has 0 unspecified atom stereocenters. The van der Waals surface area contributed by atoms with Crippen LogP contribution in [0.2, 0.25) is 0 Å². The molecule has 0 aromatic heterocycles. The minimum atomic E-state index is -0.0409. The molecule has 0 atom stereocenters. The van der Waals surface area contributed by atoms with Crippen LogP contribution in [-0.2, 0) is 0 Å². The molecule has 2 aromatic rings. The highest BCUT2D eigenvalue weighted by molar-refractivity contribution is 6.04. The number of anilines is 1. The molecule has 3 heteroatoms. The summed E-state index contributed by atoms with van der Waals surface area (Å²) in [6.07, 6.45) is 3.22. The molecular formula is C19H21NO2. The molecule has 0 saturated heterocycles. The van der Waals surface area contributed by atoms with E-state index in [0.29, 0.717) is 12.2 Å². The number of aryl methyl sites for hydroxylation is 2. The van der Waals surface area contributed by atoms with Gasteiger partial charge in [-0.3, -0.25) is 4.79 Å². The summed E-state index contributed by atoms with van der Waals surface area (Å²) >= 11 is 0. The van der Waals surface area contributed by atoms with Crippen LogP contribution in [0, 0.1) is 13.8 Å². The Morgan fingerprint density at radius 1 is 1.14 bits per heavy atom. The molecule has 114 valence electrons. The van der Waals surface area contributed by atoms with Crippen molar-refractivity contribution in [3.05, 3.63) is 71.4 Å². The van der Waals surface area contributed by atoms with Crippen LogP contribution in [0.25, 0.3) is 0 Å². The van der Waals surface area contributed by atoms with Crippen molar-refractivity contribution in [1.82, 2.24) is 0 Å². The van der Waals surface area contributed by atoms with Gasteiger partial charge in [0, 0.05) is 23.5 Å². The molecule has 0 aliphatic rings. The first-order valence-electron chi connectivity index (χ1n) is 7.37. The monoisotopic (exact) mass is 295 g/mol. The van der Waals surface area contributed by atoms with Gasteiger partial charge in [0.05, 0.1) is 6.61 Å². The summed E-state index contributed by atoms with van der Waals surface area (Å²) in [6.45, 7) is 6.62. The number of benzene rings is 2. The standard InChI is InChI=1S/C19H21NO2/c1-4-22-17-9-7-16(8-10-17)19(21)11-12-20-18-13-14(2)5-6-15(18)3/h5-13,20H,4H2,1-3H3/b12-11+. The maximum Gasteiger partial charge on any atom is 0.187 e. The Hall–Kier alpha value is -2.55. The molecule has 1 N–H and O–H groups in total. The molecule has 0 heterocycles. The molecule has 0 amide bonds. The van der Waals surface area contributed by atoms with Gasteiger partial charge in [-0.1, -0.05) is 12.1 Å². The van der Waals surface area contributed by atoms with E-state index in [0.717, 1.165) is 17.0 Å². The van der Waals surface area contributed by atoms with E-state index < -0.39 is 0 Å². The molecule has 0 aliphatic heterocycles. The van der Waals surface area contributed by atoms with Gasteiger partial charge in [0.15, 0.2) is 5.78 Å². The number of carbonyl (C=O) groups is 1. The van der Waals surface area contributed by atoms with Crippen LogP contribution in [0.4, 0.5) is 5.69 Å². The number of allylic oxidation sites excluding steroid dienone is 1. The van der Waals surface area contributed by atoms with Crippen molar-refractivity contribution in [1.29, 1.82) is 0 Å². The number of hydrogen-bond acceptors (Lipinski definition) is 3. The lowest BCUT2D eigenvalue weighted by atomic mass is 10.1. The minimum Gasteiger partial charge on any atom is -0.494 e. The van der Waals surface area contributed by atoms with E-state index in [2.05, 4.69) is 23.5 Å². The highest BCUT2D eigenvalue weighted by Crippen LogP contribution is 2.16. The van der Waals surface area contributed by atoms with Gasteiger partial charge in [-0.2, -0.15) is 0 Å². The predicted molar refractivity (Wildman–Crippen MR) is 90.6 cm³/mol. The van der Waals surface area contributed by atoms with Crippen molar-refractivity contribution in [2.75, 3.05) is 11.9 Å². The Kier molecular flexibility index (Phi) is 5.37. The SMILES string of the molecule is CCOc1ccc(C(=O)/C=C/Nc2cc(C)ccc2C)cc1. The van der Waals surface area contributed by atoms with Gasteiger partial charge in [0.2, 0.25) is 0 Å². The van der Waals surface area contributed by atoms with Crippen LogP contribution in [-0.4, -0.2) is 12.4 Å². The van der Waals surface area contributed by atoms with Crippen molar-refractivity contribution < 1.29 is 9.53 Å². The Morgan fingerprint density at radius 2 is 1.86 bits per heavy atom. The summed E-state index contributed by atoms with van der Waals surface area (Å²) in [6, 6.07) is 13.3. The van der Waals surface area contributed by atoms with Crippen molar-refractivity contribution in [2.45, 2.75) is 20.8 Å². The third-order valence-corrected chi connectivity index (χ3v) is 3.32. The van der Waals surface area contributed by atoms with E-state index in [4.69, 9.17) is 4.74 Å². The van der Waals surface area contributed by atoms with Crippen LogP contribution in [0.15, 0.2) is 54.7 Å². The molecule has 3 nitrogen and oxygen atoms in total. The Morgan fingerprint density at radius 3 is 2.55 bits per heavy atom. The summed E-state index contributed by atoms with van der Waals surface area (Å²) in [5.74, 6) is 0.734. The zero-order chi connectivity index (χ0) is 15.9. The second-order valence-electron chi connectivity index (χ2n) is 5.12. The molecule has 2 aromatic carbocycles. The highest BCUT2D eigenvalue weighted by Gasteiger charge is 2.02. The predicted octanol–water partition coefficient (Wildman–Crippen LogP) is 4.51. The van der Waals surface area contributed by atoms with Gasteiger partial charge in [-0.15, -0.1) is 0 Å². The van der Waals surface area contributed by atoms with E-state index in [1.807, 2.05) is 32.9 Å². The largest absolute Gasteiger partial charge is 0.494 e. The van der Waals surface area contributed by atoms with Gasteiger partial charge in [0.25, 0.3) is 0 Å². The van der Waals surface area contributed by atoms with Gasteiger partial charge >= 0.3 is 0 Å². The third kappa shape index (κ3) is 4.22. The lowest BCUT2D eigenvalue weighted by Crippen LogP contribution is -1.98. The number of rotatable bonds is 6. The van der Waals surface area contributed by atoms with Gasteiger partial charge in [0.1, 0.15) is 5.75 Å². The summed E-state index contributed by atoms with van der Waals surface area (Å²) in [5, 5.41) is 3.16. The fourth-order valence-corrected chi connectivity index (χ4v) is 2.08. The van der Waals surface area contributed by atoms with Crippen LogP contribution >= 0.6 is 0 Å². The lowest BCUT2D eigenvalue weighted by Gasteiger charge is -2.06. The van der Waals surface area contributed by atoms with Crippen LogP contribution in [0.3, 0.4) is 0 Å². The molecule has 0 bridgehead atoms. The molecule has 0 saturated carbocycles.